The van der Waals surface area contributed by atoms with Crippen molar-refractivity contribution in [3.8, 4) is 0 Å². The van der Waals surface area contributed by atoms with Gasteiger partial charge in [0.1, 0.15) is 0 Å². The summed E-state index contributed by atoms with van der Waals surface area (Å²) in [5.41, 5.74) is 1.43. The third-order valence-electron chi connectivity index (χ3n) is 3.27. The lowest BCUT2D eigenvalue weighted by atomic mass is 9.95. The van der Waals surface area contributed by atoms with Crippen LogP contribution < -0.4 is 5.32 Å². The van der Waals surface area contributed by atoms with E-state index in [0.717, 1.165) is 23.6 Å². The first-order valence-corrected chi connectivity index (χ1v) is 7.66. The van der Waals surface area contributed by atoms with Crippen molar-refractivity contribution in [2.75, 3.05) is 6.54 Å². The van der Waals surface area contributed by atoms with Gasteiger partial charge in [-0.25, -0.2) is 0 Å². The van der Waals surface area contributed by atoms with Crippen LogP contribution in [0.5, 0.6) is 0 Å². The molecule has 0 fully saturated rings. The SMILES string of the molecule is CCCNC(c1cscc1C)c1cnccc1C(F)(F)F. The molecule has 2 rings (SSSR count). The number of alkyl halides is 3. The second kappa shape index (κ2) is 6.58. The highest BCUT2D eigenvalue weighted by atomic mass is 32.1. The molecular weight excluding hydrogens is 297 g/mol. The van der Waals surface area contributed by atoms with E-state index in [1.165, 1.54) is 23.7 Å². The summed E-state index contributed by atoms with van der Waals surface area (Å²) in [6.07, 6.45) is -1.04. The smallest absolute Gasteiger partial charge is 0.306 e. The lowest BCUT2D eigenvalue weighted by molar-refractivity contribution is -0.138. The van der Waals surface area contributed by atoms with Gasteiger partial charge in [-0.05, 0) is 47.8 Å². The molecule has 0 bridgehead atoms. The third kappa shape index (κ3) is 3.63. The Morgan fingerprint density at radius 1 is 1.29 bits per heavy atom. The number of hydrogen-bond donors (Lipinski definition) is 1. The van der Waals surface area contributed by atoms with Crippen molar-refractivity contribution in [1.82, 2.24) is 10.3 Å². The van der Waals surface area contributed by atoms with E-state index in [9.17, 15) is 13.2 Å². The van der Waals surface area contributed by atoms with E-state index >= 15 is 0 Å². The van der Waals surface area contributed by atoms with Crippen LogP contribution in [-0.2, 0) is 6.18 Å². The summed E-state index contributed by atoms with van der Waals surface area (Å²) in [6, 6.07) is 0.555. The lowest BCUT2D eigenvalue weighted by Gasteiger charge is -2.22. The quantitative estimate of drug-likeness (QED) is 0.875. The molecule has 0 aliphatic heterocycles. The molecule has 2 nitrogen and oxygen atoms in total. The highest BCUT2D eigenvalue weighted by molar-refractivity contribution is 7.08. The summed E-state index contributed by atoms with van der Waals surface area (Å²) in [4.78, 5) is 3.89. The summed E-state index contributed by atoms with van der Waals surface area (Å²) >= 11 is 1.49. The van der Waals surface area contributed by atoms with E-state index in [0.29, 0.717) is 6.54 Å². The van der Waals surface area contributed by atoms with Crippen molar-refractivity contribution in [3.05, 3.63) is 51.5 Å². The number of halogens is 3. The number of thiophene rings is 1. The molecule has 0 aliphatic rings. The van der Waals surface area contributed by atoms with Crippen LogP contribution in [0.4, 0.5) is 13.2 Å². The van der Waals surface area contributed by atoms with Gasteiger partial charge in [-0.15, -0.1) is 0 Å². The number of nitrogens with zero attached hydrogens (tertiary/aromatic N) is 1. The van der Waals surface area contributed by atoms with Crippen molar-refractivity contribution in [2.45, 2.75) is 32.5 Å². The van der Waals surface area contributed by atoms with Gasteiger partial charge in [-0.1, -0.05) is 6.92 Å². The molecule has 21 heavy (non-hydrogen) atoms. The molecule has 0 aliphatic carbocycles. The molecule has 114 valence electrons. The number of nitrogens with one attached hydrogen (secondary N) is 1. The van der Waals surface area contributed by atoms with Crippen LogP contribution >= 0.6 is 11.3 Å². The first-order valence-electron chi connectivity index (χ1n) is 6.72. The Morgan fingerprint density at radius 3 is 2.62 bits per heavy atom. The second-order valence-corrected chi connectivity index (χ2v) is 5.60. The predicted molar refractivity (Wildman–Crippen MR) is 78.4 cm³/mol. The van der Waals surface area contributed by atoms with E-state index in [1.807, 2.05) is 24.6 Å². The maximum atomic E-state index is 13.2. The Balaban J connectivity index is 2.50. The molecule has 1 atom stereocenters. The predicted octanol–water partition coefficient (Wildman–Crippen LogP) is 4.56. The first kappa shape index (κ1) is 16.0. The molecule has 0 spiro atoms. The monoisotopic (exact) mass is 314 g/mol. The minimum Gasteiger partial charge on any atom is -0.306 e. The fourth-order valence-corrected chi connectivity index (χ4v) is 3.11. The Labute approximate surface area is 126 Å². The molecule has 6 heteroatoms. The number of aromatic nitrogens is 1. The molecule has 0 saturated carbocycles. The highest BCUT2D eigenvalue weighted by Gasteiger charge is 2.35. The third-order valence-corrected chi connectivity index (χ3v) is 4.15. The molecule has 1 N–H and O–H groups in total. The zero-order chi connectivity index (χ0) is 15.5. The van der Waals surface area contributed by atoms with Crippen molar-refractivity contribution < 1.29 is 13.2 Å². The summed E-state index contributed by atoms with van der Waals surface area (Å²) in [5.74, 6) is 0. The molecule has 0 amide bonds. The van der Waals surface area contributed by atoms with E-state index in [4.69, 9.17) is 0 Å². The van der Waals surface area contributed by atoms with Crippen LogP contribution in [-0.4, -0.2) is 11.5 Å². The minimum atomic E-state index is -4.38. The van der Waals surface area contributed by atoms with Crippen molar-refractivity contribution >= 4 is 11.3 Å². The second-order valence-electron chi connectivity index (χ2n) is 4.86. The Hall–Kier alpha value is -1.40. The van der Waals surface area contributed by atoms with Gasteiger partial charge in [0, 0.05) is 18.0 Å². The largest absolute Gasteiger partial charge is 0.416 e. The minimum absolute atomic E-state index is 0.181. The summed E-state index contributed by atoms with van der Waals surface area (Å²) in [6.45, 7) is 4.54. The summed E-state index contributed by atoms with van der Waals surface area (Å²) in [7, 11) is 0. The molecule has 2 aromatic heterocycles. The van der Waals surface area contributed by atoms with Crippen molar-refractivity contribution in [2.24, 2.45) is 0 Å². The fourth-order valence-electron chi connectivity index (χ4n) is 2.24. The lowest BCUT2D eigenvalue weighted by Crippen LogP contribution is -2.26. The average molecular weight is 314 g/mol. The summed E-state index contributed by atoms with van der Waals surface area (Å²) < 4.78 is 39.7. The molecule has 0 saturated heterocycles. The number of rotatable bonds is 5. The Kier molecular flexibility index (Phi) is 5.00. The summed E-state index contributed by atoms with van der Waals surface area (Å²) in [5, 5.41) is 7.05. The van der Waals surface area contributed by atoms with Gasteiger partial charge < -0.3 is 5.32 Å². The average Bonchev–Trinajstić information content (AvgIpc) is 2.85. The zero-order valence-electron chi connectivity index (χ0n) is 11.9. The molecule has 2 heterocycles. The van der Waals surface area contributed by atoms with Crippen molar-refractivity contribution in [3.63, 3.8) is 0 Å². The Morgan fingerprint density at radius 2 is 2.05 bits per heavy atom. The van der Waals surface area contributed by atoms with Crippen molar-refractivity contribution in [1.29, 1.82) is 0 Å². The van der Waals surface area contributed by atoms with E-state index in [2.05, 4.69) is 10.3 Å². The molecular formula is C15H17F3N2S. The van der Waals surface area contributed by atoms with Gasteiger partial charge in [-0.2, -0.15) is 24.5 Å². The first-order chi connectivity index (χ1) is 9.95. The maximum Gasteiger partial charge on any atom is 0.416 e. The van der Waals surface area contributed by atoms with E-state index in [1.54, 1.807) is 0 Å². The van der Waals surface area contributed by atoms with Gasteiger partial charge in [0.2, 0.25) is 0 Å². The van der Waals surface area contributed by atoms with Gasteiger partial charge in [-0.3, -0.25) is 4.98 Å². The number of pyridine rings is 1. The van der Waals surface area contributed by atoms with Crippen LogP contribution in [0, 0.1) is 6.92 Å². The number of hydrogen-bond acceptors (Lipinski definition) is 3. The standard InChI is InChI=1S/C15H17F3N2S/c1-3-5-20-14(12-9-21-8-10(12)2)11-7-19-6-4-13(11)15(16,17)18/h4,6-9,14,20H,3,5H2,1-2H3. The topological polar surface area (TPSA) is 24.9 Å². The van der Waals surface area contributed by atoms with Gasteiger partial charge in [0.25, 0.3) is 0 Å². The molecule has 1 unspecified atom stereocenters. The Bertz CT molecular complexity index is 593. The van der Waals surface area contributed by atoms with Gasteiger partial charge >= 0.3 is 6.18 Å². The van der Waals surface area contributed by atoms with Gasteiger partial charge in [0.15, 0.2) is 0 Å². The normalized spacial score (nSPS) is 13.4. The van der Waals surface area contributed by atoms with Crippen LogP contribution in [0.25, 0.3) is 0 Å². The van der Waals surface area contributed by atoms with Crippen LogP contribution in [0.15, 0.2) is 29.2 Å². The zero-order valence-corrected chi connectivity index (χ0v) is 12.7. The molecule has 2 aromatic rings. The molecule has 0 radical (unpaired) electrons. The van der Waals surface area contributed by atoms with Gasteiger partial charge in [0.05, 0.1) is 11.6 Å². The van der Waals surface area contributed by atoms with E-state index < -0.39 is 17.8 Å². The molecule has 0 aromatic carbocycles. The maximum absolute atomic E-state index is 13.2. The number of aryl methyl sites for hydroxylation is 1. The fraction of sp³-hybridized carbons (Fsp3) is 0.400. The van der Waals surface area contributed by atoms with E-state index in [-0.39, 0.29) is 5.56 Å². The van der Waals surface area contributed by atoms with Crippen LogP contribution in [0.1, 0.15) is 41.6 Å². The van der Waals surface area contributed by atoms with Crippen LogP contribution in [0.3, 0.4) is 0 Å². The highest BCUT2D eigenvalue weighted by Crippen LogP contribution is 2.37. The van der Waals surface area contributed by atoms with Crippen LogP contribution in [0.2, 0.25) is 0 Å².